The van der Waals surface area contributed by atoms with Gasteiger partial charge in [-0.25, -0.2) is 0 Å². The van der Waals surface area contributed by atoms with Crippen molar-refractivity contribution < 1.29 is 9.53 Å². The minimum Gasteiger partial charge on any atom is -0.497 e. The van der Waals surface area contributed by atoms with E-state index in [1.807, 2.05) is 24.3 Å². The van der Waals surface area contributed by atoms with Crippen LogP contribution in [0.15, 0.2) is 29.4 Å². The van der Waals surface area contributed by atoms with E-state index in [1.54, 1.807) is 26.1 Å². The molecule has 0 aliphatic heterocycles. The van der Waals surface area contributed by atoms with Gasteiger partial charge in [0.05, 0.1) is 12.9 Å². The second kappa shape index (κ2) is 8.19. The van der Waals surface area contributed by atoms with Crippen LogP contribution >= 0.6 is 11.8 Å². The van der Waals surface area contributed by atoms with Crippen molar-refractivity contribution >= 4 is 17.7 Å². The van der Waals surface area contributed by atoms with Gasteiger partial charge in [-0.3, -0.25) is 4.79 Å². The maximum absolute atomic E-state index is 11.8. The number of methoxy groups -OCH3 is 1. The summed E-state index contributed by atoms with van der Waals surface area (Å²) in [7, 11) is 5.15. The summed E-state index contributed by atoms with van der Waals surface area (Å²) in [5.74, 6) is 2.48. The summed E-state index contributed by atoms with van der Waals surface area (Å²) < 4.78 is 7.29. The first-order chi connectivity index (χ1) is 11.4. The molecule has 0 radical (unpaired) electrons. The Morgan fingerprint density at radius 1 is 1.25 bits per heavy atom. The SMILES string of the molecule is COc1ccc(-c2nnc(SCC(=O)N(C)C)n2CC(C)C)cc1. The number of ether oxygens (including phenoxy) is 1. The molecule has 7 heteroatoms. The van der Waals surface area contributed by atoms with Crippen LogP contribution in [0.2, 0.25) is 0 Å². The Bertz CT molecular complexity index is 680. The summed E-state index contributed by atoms with van der Waals surface area (Å²) >= 11 is 1.42. The summed E-state index contributed by atoms with van der Waals surface area (Å²) in [5, 5.41) is 9.41. The first kappa shape index (κ1) is 18.3. The Morgan fingerprint density at radius 3 is 2.46 bits per heavy atom. The van der Waals surface area contributed by atoms with Crippen molar-refractivity contribution in [2.24, 2.45) is 5.92 Å². The van der Waals surface area contributed by atoms with Gasteiger partial charge >= 0.3 is 0 Å². The van der Waals surface area contributed by atoms with Gasteiger partial charge in [-0.15, -0.1) is 10.2 Å². The van der Waals surface area contributed by atoms with Gasteiger partial charge in [-0.05, 0) is 30.2 Å². The summed E-state index contributed by atoms with van der Waals surface area (Å²) in [4.78, 5) is 13.4. The van der Waals surface area contributed by atoms with Gasteiger partial charge in [0.25, 0.3) is 0 Å². The monoisotopic (exact) mass is 348 g/mol. The highest BCUT2D eigenvalue weighted by atomic mass is 32.2. The topological polar surface area (TPSA) is 60.3 Å². The molecule has 0 unspecified atom stereocenters. The maximum Gasteiger partial charge on any atom is 0.232 e. The number of carbonyl (C=O) groups is 1. The molecule has 0 aliphatic rings. The van der Waals surface area contributed by atoms with Crippen LogP contribution in [0.4, 0.5) is 0 Å². The first-order valence-corrected chi connectivity index (χ1v) is 8.81. The third-order valence-corrected chi connectivity index (χ3v) is 4.39. The number of benzene rings is 1. The summed E-state index contributed by atoms with van der Waals surface area (Å²) in [6.07, 6.45) is 0. The van der Waals surface area contributed by atoms with E-state index < -0.39 is 0 Å². The highest BCUT2D eigenvalue weighted by molar-refractivity contribution is 7.99. The summed E-state index contributed by atoms with van der Waals surface area (Å²) in [6.45, 7) is 5.10. The molecule has 0 spiro atoms. The molecule has 0 atom stereocenters. The maximum atomic E-state index is 11.8. The van der Waals surface area contributed by atoms with E-state index in [4.69, 9.17) is 4.74 Å². The highest BCUT2D eigenvalue weighted by Gasteiger charge is 2.17. The van der Waals surface area contributed by atoms with Crippen LogP contribution < -0.4 is 4.74 Å². The third-order valence-electron chi connectivity index (χ3n) is 3.44. The van der Waals surface area contributed by atoms with Crippen LogP contribution in [-0.2, 0) is 11.3 Å². The number of aromatic nitrogens is 3. The summed E-state index contributed by atoms with van der Waals surface area (Å²) in [5.41, 5.74) is 0.981. The molecule has 130 valence electrons. The van der Waals surface area contributed by atoms with Crippen LogP contribution in [-0.4, -0.2) is 52.5 Å². The smallest absolute Gasteiger partial charge is 0.232 e. The number of hydrogen-bond donors (Lipinski definition) is 0. The van der Waals surface area contributed by atoms with Gasteiger partial charge in [0.1, 0.15) is 5.75 Å². The molecule has 1 aromatic carbocycles. The fourth-order valence-electron chi connectivity index (χ4n) is 2.13. The molecule has 24 heavy (non-hydrogen) atoms. The molecule has 0 saturated heterocycles. The standard InChI is InChI=1S/C17H24N4O2S/c1-12(2)10-21-16(13-6-8-14(23-5)9-7-13)18-19-17(21)24-11-15(22)20(3)4/h6-9,12H,10-11H2,1-5H3. The predicted molar refractivity (Wildman–Crippen MR) is 96.3 cm³/mol. The number of nitrogens with zero attached hydrogens (tertiary/aromatic N) is 4. The molecule has 0 N–H and O–H groups in total. The van der Waals surface area contributed by atoms with Crippen LogP contribution in [0, 0.1) is 5.92 Å². The number of thioether (sulfide) groups is 1. The molecule has 2 aromatic rings. The van der Waals surface area contributed by atoms with Gasteiger partial charge in [0.15, 0.2) is 11.0 Å². The van der Waals surface area contributed by atoms with Gasteiger partial charge in [-0.1, -0.05) is 25.6 Å². The van der Waals surface area contributed by atoms with E-state index in [0.29, 0.717) is 11.7 Å². The molecule has 0 bridgehead atoms. The van der Waals surface area contributed by atoms with Crippen molar-refractivity contribution in [1.29, 1.82) is 0 Å². The van der Waals surface area contributed by atoms with Crippen molar-refractivity contribution in [3.8, 4) is 17.1 Å². The second-order valence-electron chi connectivity index (χ2n) is 6.12. The lowest BCUT2D eigenvalue weighted by Gasteiger charge is -2.13. The lowest BCUT2D eigenvalue weighted by Crippen LogP contribution is -2.23. The largest absolute Gasteiger partial charge is 0.497 e. The molecular weight excluding hydrogens is 324 g/mol. The zero-order chi connectivity index (χ0) is 17.7. The molecule has 1 heterocycles. The fraction of sp³-hybridized carbons (Fsp3) is 0.471. The van der Waals surface area contributed by atoms with Crippen molar-refractivity contribution in [3.63, 3.8) is 0 Å². The number of rotatable bonds is 7. The normalized spacial score (nSPS) is 10.9. The molecule has 0 aliphatic carbocycles. The fourth-order valence-corrected chi connectivity index (χ4v) is 3.06. The van der Waals surface area contributed by atoms with Gasteiger partial charge < -0.3 is 14.2 Å². The number of carbonyl (C=O) groups excluding carboxylic acids is 1. The Balaban J connectivity index is 2.28. The molecule has 0 fully saturated rings. The number of hydrogen-bond acceptors (Lipinski definition) is 5. The molecule has 1 amide bonds. The minimum atomic E-state index is 0.0603. The Labute approximate surface area is 147 Å². The van der Waals surface area contributed by atoms with Gasteiger partial charge in [-0.2, -0.15) is 0 Å². The van der Waals surface area contributed by atoms with Gasteiger partial charge in [0.2, 0.25) is 5.91 Å². The average Bonchev–Trinajstić information content (AvgIpc) is 2.94. The van der Waals surface area contributed by atoms with Gasteiger partial charge in [0, 0.05) is 26.2 Å². The lowest BCUT2D eigenvalue weighted by molar-refractivity contribution is -0.125. The van der Waals surface area contributed by atoms with E-state index in [0.717, 1.165) is 28.8 Å². The van der Waals surface area contributed by atoms with Crippen molar-refractivity contribution in [1.82, 2.24) is 19.7 Å². The van der Waals surface area contributed by atoms with E-state index in [1.165, 1.54) is 11.8 Å². The first-order valence-electron chi connectivity index (χ1n) is 7.83. The molecule has 6 nitrogen and oxygen atoms in total. The summed E-state index contributed by atoms with van der Waals surface area (Å²) in [6, 6.07) is 7.76. The van der Waals surface area contributed by atoms with Crippen LogP contribution in [0.25, 0.3) is 11.4 Å². The predicted octanol–water partition coefficient (Wildman–Crippen LogP) is 2.79. The molecular formula is C17H24N4O2S. The Kier molecular flexibility index (Phi) is 6.25. The van der Waals surface area contributed by atoms with E-state index in [9.17, 15) is 4.79 Å². The minimum absolute atomic E-state index is 0.0603. The quantitative estimate of drug-likeness (QED) is 0.720. The van der Waals surface area contributed by atoms with E-state index >= 15 is 0 Å². The average molecular weight is 348 g/mol. The Hall–Kier alpha value is -2.02. The number of amides is 1. The molecule has 0 saturated carbocycles. The second-order valence-corrected chi connectivity index (χ2v) is 7.06. The van der Waals surface area contributed by atoms with Crippen LogP contribution in [0.5, 0.6) is 5.75 Å². The Morgan fingerprint density at radius 2 is 1.92 bits per heavy atom. The van der Waals surface area contributed by atoms with E-state index in [2.05, 4.69) is 28.6 Å². The van der Waals surface area contributed by atoms with Crippen LogP contribution in [0.3, 0.4) is 0 Å². The molecule has 1 aromatic heterocycles. The van der Waals surface area contributed by atoms with E-state index in [-0.39, 0.29) is 5.91 Å². The lowest BCUT2D eigenvalue weighted by atomic mass is 10.2. The van der Waals surface area contributed by atoms with Crippen molar-refractivity contribution in [3.05, 3.63) is 24.3 Å². The van der Waals surface area contributed by atoms with Crippen molar-refractivity contribution in [2.75, 3.05) is 27.0 Å². The highest BCUT2D eigenvalue weighted by Crippen LogP contribution is 2.26. The molecule has 2 rings (SSSR count). The zero-order valence-corrected chi connectivity index (χ0v) is 15.6. The zero-order valence-electron chi connectivity index (χ0n) is 14.8. The third kappa shape index (κ3) is 4.50. The van der Waals surface area contributed by atoms with Crippen LogP contribution in [0.1, 0.15) is 13.8 Å². The van der Waals surface area contributed by atoms with Crippen molar-refractivity contribution in [2.45, 2.75) is 25.5 Å².